The molecule has 1 aliphatic heterocycles. The van der Waals surface area contributed by atoms with Crippen LogP contribution in [-0.2, 0) is 28.5 Å². The minimum atomic E-state index is -4.91. The fourth-order valence-corrected chi connectivity index (χ4v) is 4.28. The van der Waals surface area contributed by atoms with E-state index < -0.39 is 36.2 Å². The van der Waals surface area contributed by atoms with Gasteiger partial charge in [0.1, 0.15) is 0 Å². The first-order valence-electron chi connectivity index (χ1n) is 11.1. The summed E-state index contributed by atoms with van der Waals surface area (Å²) in [6.07, 6.45) is -9.79. The number of likely N-dealkylation sites (N-methyl/N-ethyl adjacent to an activating group) is 1. The molecule has 192 valence electrons. The predicted octanol–water partition coefficient (Wildman–Crippen LogP) is 5.50. The first kappa shape index (κ1) is 27.0. The van der Waals surface area contributed by atoms with E-state index in [4.69, 9.17) is 4.74 Å². The standard InChI is InChI=1S/C25H28F6N2O2/c1-16-6-4-5-7-20(16)21-13-33(14-23(34)32(2)3)9-8-22(21)35-15-17-10-18(24(26,27)28)12-19(11-17)25(29,30)31/h4-7,10-12,21-22H,8-9,13-15H2,1-3H3/t21-,22-/m0/s1. The van der Waals surface area contributed by atoms with E-state index in [1.165, 1.54) is 4.90 Å². The second-order valence-corrected chi connectivity index (χ2v) is 9.04. The van der Waals surface area contributed by atoms with Crippen molar-refractivity contribution in [3.05, 3.63) is 70.3 Å². The average Bonchev–Trinajstić information content (AvgIpc) is 2.77. The first-order valence-corrected chi connectivity index (χ1v) is 11.1. The summed E-state index contributed by atoms with van der Waals surface area (Å²) in [5.41, 5.74) is -0.956. The SMILES string of the molecule is Cc1ccccc1[C@@H]1CN(CC(=O)N(C)C)CC[C@@H]1OCc1cc(C(F)(F)F)cc(C(F)(F)F)c1. The van der Waals surface area contributed by atoms with Crippen molar-refractivity contribution in [2.24, 2.45) is 0 Å². The van der Waals surface area contributed by atoms with Gasteiger partial charge in [-0.15, -0.1) is 0 Å². The summed E-state index contributed by atoms with van der Waals surface area (Å²) in [5, 5.41) is 0. The van der Waals surface area contributed by atoms with Gasteiger partial charge in [-0.25, -0.2) is 0 Å². The third kappa shape index (κ3) is 6.98. The molecule has 10 heteroatoms. The molecule has 2 aromatic rings. The smallest absolute Gasteiger partial charge is 0.373 e. The molecule has 2 aromatic carbocycles. The van der Waals surface area contributed by atoms with Crippen LogP contribution in [-0.4, -0.2) is 55.5 Å². The summed E-state index contributed by atoms with van der Waals surface area (Å²) in [6, 6.07) is 9.11. The monoisotopic (exact) mass is 502 g/mol. The Kier molecular flexibility index (Phi) is 8.16. The van der Waals surface area contributed by atoms with E-state index in [0.717, 1.165) is 11.1 Å². The molecular weight excluding hydrogens is 474 g/mol. The highest BCUT2D eigenvalue weighted by Gasteiger charge is 2.37. The van der Waals surface area contributed by atoms with Gasteiger partial charge in [-0.05, 0) is 48.2 Å². The van der Waals surface area contributed by atoms with E-state index in [0.29, 0.717) is 31.6 Å². The molecule has 0 N–H and O–H groups in total. The molecule has 1 fully saturated rings. The number of likely N-dealkylation sites (tertiary alicyclic amines) is 1. The van der Waals surface area contributed by atoms with Crippen LogP contribution < -0.4 is 0 Å². The highest BCUT2D eigenvalue weighted by Crippen LogP contribution is 2.37. The van der Waals surface area contributed by atoms with Gasteiger partial charge in [0.15, 0.2) is 0 Å². The van der Waals surface area contributed by atoms with E-state index in [-0.39, 0.29) is 30.0 Å². The fraction of sp³-hybridized carbons (Fsp3) is 0.480. The molecule has 35 heavy (non-hydrogen) atoms. The molecule has 1 heterocycles. The fourth-order valence-electron chi connectivity index (χ4n) is 4.28. The Morgan fingerprint density at radius 2 is 1.63 bits per heavy atom. The number of hydrogen-bond acceptors (Lipinski definition) is 3. The van der Waals surface area contributed by atoms with E-state index in [2.05, 4.69) is 0 Å². The maximum absolute atomic E-state index is 13.2. The van der Waals surface area contributed by atoms with E-state index in [1.54, 1.807) is 14.1 Å². The Labute approximate surface area is 200 Å². The van der Waals surface area contributed by atoms with Gasteiger partial charge in [0, 0.05) is 33.1 Å². The van der Waals surface area contributed by atoms with Crippen LogP contribution in [0, 0.1) is 6.92 Å². The molecule has 0 aromatic heterocycles. The molecule has 4 nitrogen and oxygen atoms in total. The molecule has 3 rings (SSSR count). The quantitative estimate of drug-likeness (QED) is 0.490. The minimum absolute atomic E-state index is 0.0588. The Bertz CT molecular complexity index is 1000. The summed E-state index contributed by atoms with van der Waals surface area (Å²) >= 11 is 0. The normalized spacial score (nSPS) is 19.6. The number of ether oxygens (including phenoxy) is 1. The largest absolute Gasteiger partial charge is 0.416 e. The Balaban J connectivity index is 1.84. The van der Waals surface area contributed by atoms with E-state index >= 15 is 0 Å². The van der Waals surface area contributed by atoms with Gasteiger partial charge in [-0.1, -0.05) is 24.3 Å². The Hall–Kier alpha value is -2.59. The number of rotatable bonds is 6. The minimum Gasteiger partial charge on any atom is -0.373 e. The number of carbonyl (C=O) groups is 1. The summed E-state index contributed by atoms with van der Waals surface area (Å²) in [4.78, 5) is 15.7. The van der Waals surface area contributed by atoms with Crippen molar-refractivity contribution in [3.63, 3.8) is 0 Å². The number of alkyl halides is 6. The molecular formula is C25H28F6N2O2. The Morgan fingerprint density at radius 3 is 2.17 bits per heavy atom. The third-order valence-electron chi connectivity index (χ3n) is 6.19. The summed E-state index contributed by atoms with van der Waals surface area (Å²) < 4.78 is 85.3. The van der Waals surface area contributed by atoms with Gasteiger partial charge in [0.2, 0.25) is 5.91 Å². The molecule has 0 unspecified atom stereocenters. The van der Waals surface area contributed by atoms with Crippen LogP contribution in [0.1, 0.15) is 40.2 Å². The second-order valence-electron chi connectivity index (χ2n) is 9.04. The third-order valence-corrected chi connectivity index (χ3v) is 6.19. The van der Waals surface area contributed by atoms with Gasteiger partial charge in [0.25, 0.3) is 0 Å². The number of halogens is 6. The van der Waals surface area contributed by atoms with Crippen molar-refractivity contribution in [2.45, 2.75) is 44.3 Å². The maximum atomic E-state index is 13.2. The zero-order valence-corrected chi connectivity index (χ0v) is 19.7. The van der Waals surface area contributed by atoms with Gasteiger partial charge in [-0.2, -0.15) is 26.3 Å². The lowest BCUT2D eigenvalue weighted by Gasteiger charge is -2.39. The van der Waals surface area contributed by atoms with Crippen LogP contribution in [0.25, 0.3) is 0 Å². The van der Waals surface area contributed by atoms with Crippen molar-refractivity contribution >= 4 is 5.91 Å². The van der Waals surface area contributed by atoms with Crippen molar-refractivity contribution < 1.29 is 35.9 Å². The van der Waals surface area contributed by atoms with Crippen LogP contribution in [0.5, 0.6) is 0 Å². The van der Waals surface area contributed by atoms with Crippen molar-refractivity contribution in [2.75, 3.05) is 33.7 Å². The van der Waals surface area contributed by atoms with E-state index in [1.807, 2.05) is 36.1 Å². The zero-order chi connectivity index (χ0) is 26.0. The lowest BCUT2D eigenvalue weighted by molar-refractivity contribution is -0.143. The number of nitrogens with zero attached hydrogens (tertiary/aromatic N) is 2. The molecule has 1 amide bonds. The summed E-state index contributed by atoms with van der Waals surface area (Å²) in [7, 11) is 3.34. The highest BCUT2D eigenvalue weighted by atomic mass is 19.4. The summed E-state index contributed by atoms with van der Waals surface area (Å²) in [6.45, 7) is 2.74. The van der Waals surface area contributed by atoms with Crippen LogP contribution in [0.15, 0.2) is 42.5 Å². The number of piperidine rings is 1. The van der Waals surface area contributed by atoms with Gasteiger partial charge >= 0.3 is 12.4 Å². The molecule has 2 atom stereocenters. The number of benzene rings is 2. The van der Waals surface area contributed by atoms with Gasteiger partial charge in [0.05, 0.1) is 30.4 Å². The molecule has 0 spiro atoms. The number of carbonyl (C=O) groups excluding carboxylic acids is 1. The van der Waals surface area contributed by atoms with Crippen LogP contribution in [0.2, 0.25) is 0 Å². The highest BCUT2D eigenvalue weighted by molar-refractivity contribution is 5.77. The molecule has 0 radical (unpaired) electrons. The van der Waals surface area contributed by atoms with Crippen LogP contribution in [0.4, 0.5) is 26.3 Å². The topological polar surface area (TPSA) is 32.8 Å². The van der Waals surface area contributed by atoms with Gasteiger partial charge < -0.3 is 9.64 Å². The van der Waals surface area contributed by atoms with Crippen molar-refractivity contribution in [3.8, 4) is 0 Å². The molecule has 0 saturated carbocycles. The van der Waals surface area contributed by atoms with E-state index in [9.17, 15) is 31.1 Å². The van der Waals surface area contributed by atoms with Crippen molar-refractivity contribution in [1.29, 1.82) is 0 Å². The zero-order valence-electron chi connectivity index (χ0n) is 19.7. The molecule has 1 aliphatic rings. The van der Waals surface area contributed by atoms with Crippen LogP contribution >= 0.6 is 0 Å². The molecule has 1 saturated heterocycles. The maximum Gasteiger partial charge on any atom is 0.416 e. The van der Waals surface area contributed by atoms with Crippen molar-refractivity contribution in [1.82, 2.24) is 9.80 Å². The number of amides is 1. The van der Waals surface area contributed by atoms with Gasteiger partial charge in [-0.3, -0.25) is 9.69 Å². The second kappa shape index (κ2) is 10.6. The Morgan fingerprint density at radius 1 is 1.03 bits per heavy atom. The number of aryl methyl sites for hydroxylation is 1. The predicted molar refractivity (Wildman–Crippen MR) is 119 cm³/mol. The lowest BCUT2D eigenvalue weighted by Crippen LogP contribution is -2.46. The number of hydrogen-bond donors (Lipinski definition) is 0. The first-order chi connectivity index (χ1) is 16.3. The lowest BCUT2D eigenvalue weighted by atomic mass is 9.85. The van der Waals surface area contributed by atoms with Crippen LogP contribution in [0.3, 0.4) is 0 Å². The molecule has 0 aliphatic carbocycles. The summed E-state index contributed by atoms with van der Waals surface area (Å²) in [5.74, 6) is -0.260. The molecule has 0 bridgehead atoms. The average molecular weight is 502 g/mol.